The van der Waals surface area contributed by atoms with Crippen LogP contribution in [0.1, 0.15) is 13.8 Å². The highest BCUT2D eigenvalue weighted by Gasteiger charge is 2.96. The van der Waals surface area contributed by atoms with Gasteiger partial charge in [0.2, 0.25) is 0 Å². The average molecular weight is 506 g/mol. The Bertz CT molecular complexity index is 674. The SMILES string of the molecule is CC(C)C(=O)OC(F)(C(F)(F)F)C(F)(F)C(F)(F)C(F)(F)C(F)(F)C(F)(F)C(F)(F)F. The molecule has 0 saturated carbocycles. The van der Waals surface area contributed by atoms with Gasteiger partial charge in [-0.3, -0.25) is 4.79 Å². The fourth-order valence-electron chi connectivity index (χ4n) is 1.53. The fraction of sp³-hybridized carbons (Fsp3) is 0.917. The molecule has 1 atom stereocenters. The van der Waals surface area contributed by atoms with Crippen molar-refractivity contribution in [2.75, 3.05) is 0 Å². The second-order valence-electron chi connectivity index (χ2n) is 6.04. The molecule has 0 aromatic carbocycles. The van der Waals surface area contributed by atoms with Crippen molar-refractivity contribution in [3.05, 3.63) is 0 Å². The number of esters is 1. The van der Waals surface area contributed by atoms with E-state index in [-0.39, 0.29) is 0 Å². The quantitative estimate of drug-likeness (QED) is 0.306. The number of alkyl halides is 17. The van der Waals surface area contributed by atoms with Gasteiger partial charge in [0.05, 0.1) is 5.92 Å². The molecule has 0 rings (SSSR count). The molecular weight excluding hydrogens is 499 g/mol. The molecule has 0 aliphatic heterocycles. The molecule has 31 heavy (non-hydrogen) atoms. The van der Waals surface area contributed by atoms with E-state index in [1.165, 1.54) is 0 Å². The first-order chi connectivity index (χ1) is 13.1. The second kappa shape index (κ2) is 7.41. The van der Waals surface area contributed by atoms with Crippen molar-refractivity contribution in [2.24, 2.45) is 5.92 Å². The molecule has 0 fully saturated rings. The molecule has 2 nitrogen and oxygen atoms in total. The van der Waals surface area contributed by atoms with Crippen molar-refractivity contribution in [1.82, 2.24) is 0 Å². The van der Waals surface area contributed by atoms with Gasteiger partial charge in [-0.25, -0.2) is 0 Å². The molecule has 0 heterocycles. The average Bonchev–Trinajstić information content (AvgIpc) is 2.51. The van der Waals surface area contributed by atoms with Crippen molar-refractivity contribution in [3.8, 4) is 0 Å². The van der Waals surface area contributed by atoms with E-state index in [1.54, 1.807) is 0 Å². The Kier molecular flexibility index (Phi) is 7.00. The third-order valence-corrected chi connectivity index (χ3v) is 3.41. The topological polar surface area (TPSA) is 26.3 Å². The van der Waals surface area contributed by atoms with Crippen LogP contribution in [0, 0.1) is 5.92 Å². The molecule has 0 aliphatic rings. The van der Waals surface area contributed by atoms with E-state index in [4.69, 9.17) is 0 Å². The molecular formula is C12H7F17O2. The molecule has 0 bridgehead atoms. The third kappa shape index (κ3) is 3.95. The molecule has 19 heteroatoms. The minimum atomic E-state index is -8.70. The highest BCUT2D eigenvalue weighted by atomic mass is 19.4. The maximum Gasteiger partial charge on any atom is 0.467 e. The fourth-order valence-corrected chi connectivity index (χ4v) is 1.53. The first kappa shape index (κ1) is 29.3. The van der Waals surface area contributed by atoms with Gasteiger partial charge in [-0.15, -0.1) is 0 Å². The monoisotopic (exact) mass is 506 g/mol. The normalized spacial score (nSPS) is 17.5. The molecule has 0 aromatic rings. The summed E-state index contributed by atoms with van der Waals surface area (Å²) in [5.74, 6) is -54.9. The van der Waals surface area contributed by atoms with Gasteiger partial charge >= 0.3 is 53.8 Å². The van der Waals surface area contributed by atoms with Crippen LogP contribution < -0.4 is 0 Å². The Labute approximate surface area is 159 Å². The Morgan fingerprint density at radius 1 is 0.516 bits per heavy atom. The van der Waals surface area contributed by atoms with Crippen LogP contribution in [0.2, 0.25) is 0 Å². The lowest BCUT2D eigenvalue weighted by atomic mass is 9.90. The van der Waals surface area contributed by atoms with Crippen molar-refractivity contribution in [2.45, 2.75) is 61.7 Å². The largest absolute Gasteiger partial charge is 0.467 e. The minimum absolute atomic E-state index is 0.460. The summed E-state index contributed by atoms with van der Waals surface area (Å²) in [6.07, 6.45) is -15.4. The molecule has 0 aliphatic carbocycles. The Balaban J connectivity index is 6.94. The summed E-state index contributed by atoms with van der Waals surface area (Å²) in [7, 11) is 0. The maximum absolute atomic E-state index is 13.8. The number of hydrogen-bond acceptors (Lipinski definition) is 2. The van der Waals surface area contributed by atoms with Gasteiger partial charge in [0.25, 0.3) is 0 Å². The van der Waals surface area contributed by atoms with Gasteiger partial charge in [-0.1, -0.05) is 13.8 Å². The number of halogens is 17. The second-order valence-corrected chi connectivity index (χ2v) is 6.04. The van der Waals surface area contributed by atoms with Gasteiger partial charge in [0.15, 0.2) is 0 Å². The summed E-state index contributed by atoms with van der Waals surface area (Å²) in [6, 6.07) is 0. The van der Waals surface area contributed by atoms with Crippen molar-refractivity contribution >= 4 is 5.97 Å². The Morgan fingerprint density at radius 2 is 0.806 bits per heavy atom. The van der Waals surface area contributed by atoms with Crippen LogP contribution in [-0.2, 0) is 9.53 Å². The van der Waals surface area contributed by atoms with E-state index >= 15 is 0 Å². The highest BCUT2D eigenvalue weighted by Crippen LogP contribution is 2.64. The number of rotatable bonds is 7. The molecule has 0 spiro atoms. The smallest absolute Gasteiger partial charge is 0.414 e. The van der Waals surface area contributed by atoms with E-state index in [2.05, 4.69) is 4.74 Å². The van der Waals surface area contributed by atoms with E-state index in [0.717, 1.165) is 0 Å². The van der Waals surface area contributed by atoms with Crippen LogP contribution in [0.25, 0.3) is 0 Å². The Morgan fingerprint density at radius 3 is 1.06 bits per heavy atom. The van der Waals surface area contributed by atoms with Crippen LogP contribution >= 0.6 is 0 Å². The zero-order valence-electron chi connectivity index (χ0n) is 14.3. The van der Waals surface area contributed by atoms with Gasteiger partial charge in [-0.2, -0.15) is 74.6 Å². The number of hydrogen-bond donors (Lipinski definition) is 0. The lowest BCUT2D eigenvalue weighted by Gasteiger charge is -2.43. The predicted octanol–water partition coefficient (Wildman–Crippen LogP) is 6.15. The molecule has 0 N–H and O–H groups in total. The first-order valence-electron chi connectivity index (χ1n) is 7.02. The lowest BCUT2D eigenvalue weighted by molar-refractivity contribution is -0.477. The lowest BCUT2D eigenvalue weighted by Crippen LogP contribution is -2.75. The first-order valence-corrected chi connectivity index (χ1v) is 7.02. The highest BCUT2D eigenvalue weighted by molar-refractivity contribution is 5.72. The molecule has 186 valence electrons. The summed E-state index contributed by atoms with van der Waals surface area (Å²) in [4.78, 5) is 11.0. The molecule has 0 saturated heterocycles. The molecule has 1 unspecified atom stereocenters. The van der Waals surface area contributed by atoms with Gasteiger partial charge in [0.1, 0.15) is 0 Å². The van der Waals surface area contributed by atoms with Crippen LogP contribution in [0.3, 0.4) is 0 Å². The summed E-state index contributed by atoms with van der Waals surface area (Å²) in [5.41, 5.74) is 0. The van der Waals surface area contributed by atoms with Crippen LogP contribution in [0.5, 0.6) is 0 Å². The summed E-state index contributed by atoms with van der Waals surface area (Å²) < 4.78 is 222. The zero-order chi connectivity index (χ0) is 25.9. The summed E-state index contributed by atoms with van der Waals surface area (Å²) in [6.45, 7) is 0.921. The van der Waals surface area contributed by atoms with Crippen molar-refractivity contribution in [1.29, 1.82) is 0 Å². The van der Waals surface area contributed by atoms with E-state index < -0.39 is 59.7 Å². The molecule has 0 radical (unpaired) electrons. The van der Waals surface area contributed by atoms with Crippen molar-refractivity contribution < 1.29 is 84.2 Å². The van der Waals surface area contributed by atoms with Crippen LogP contribution in [0.15, 0.2) is 0 Å². The van der Waals surface area contributed by atoms with E-state index in [1.807, 2.05) is 0 Å². The van der Waals surface area contributed by atoms with Crippen LogP contribution in [-0.4, -0.2) is 53.8 Å². The van der Waals surface area contributed by atoms with E-state index in [9.17, 15) is 79.4 Å². The minimum Gasteiger partial charge on any atom is -0.414 e. The standard InChI is InChI=1S/C12H7F17O2/c1-3(2)4(30)31-10(23,12(27,28)29)8(19,20)6(15,16)5(13,14)7(17,18)9(21,22)11(24,25)26/h3H,1-2H3. The third-order valence-electron chi connectivity index (χ3n) is 3.41. The predicted molar refractivity (Wildman–Crippen MR) is 61.6 cm³/mol. The summed E-state index contributed by atoms with van der Waals surface area (Å²) in [5, 5.41) is 0. The van der Waals surface area contributed by atoms with E-state index in [0.29, 0.717) is 13.8 Å². The molecule has 0 amide bonds. The van der Waals surface area contributed by atoms with Crippen molar-refractivity contribution in [3.63, 3.8) is 0 Å². The number of carbonyl (C=O) groups excluding carboxylic acids is 1. The summed E-state index contributed by atoms with van der Waals surface area (Å²) >= 11 is 0. The number of carbonyl (C=O) groups is 1. The van der Waals surface area contributed by atoms with Crippen LogP contribution in [0.4, 0.5) is 74.6 Å². The molecule has 0 aromatic heterocycles. The maximum atomic E-state index is 13.8. The van der Waals surface area contributed by atoms with Gasteiger partial charge < -0.3 is 4.74 Å². The Hall–Kier alpha value is -1.72. The number of ether oxygens (including phenoxy) is 1. The van der Waals surface area contributed by atoms with Gasteiger partial charge in [0, 0.05) is 0 Å². The van der Waals surface area contributed by atoms with Gasteiger partial charge in [-0.05, 0) is 0 Å². The zero-order valence-corrected chi connectivity index (χ0v) is 14.3.